The minimum Gasteiger partial charge on any atom is -0.481 e. The average Bonchev–Trinajstić information content (AvgIpc) is 2.28. The predicted molar refractivity (Wildman–Crippen MR) is 65.5 cm³/mol. The van der Waals surface area contributed by atoms with Gasteiger partial charge in [-0.15, -0.1) is 0 Å². The van der Waals surface area contributed by atoms with E-state index in [0.717, 1.165) is 0 Å². The molecule has 1 heterocycles. The fraction of sp³-hybridized carbons (Fsp3) is 0.455. The molecule has 0 aliphatic heterocycles. The molecular formula is C11H15N3O4. The number of aliphatic carboxylic acids is 1. The second-order valence-electron chi connectivity index (χ2n) is 4.03. The van der Waals surface area contributed by atoms with E-state index in [4.69, 9.17) is 5.11 Å². The molecule has 0 bridgehead atoms. The van der Waals surface area contributed by atoms with Crippen molar-refractivity contribution in [3.8, 4) is 0 Å². The molecule has 0 amide bonds. The highest BCUT2D eigenvalue weighted by atomic mass is 16.6. The molecule has 0 aliphatic carbocycles. The molecule has 1 aromatic rings. The largest absolute Gasteiger partial charge is 0.481 e. The van der Waals surface area contributed by atoms with Crippen LogP contribution >= 0.6 is 0 Å². The first-order valence-corrected chi connectivity index (χ1v) is 5.50. The van der Waals surface area contributed by atoms with Crippen molar-refractivity contribution in [1.82, 2.24) is 4.98 Å². The van der Waals surface area contributed by atoms with E-state index in [1.165, 1.54) is 6.07 Å². The summed E-state index contributed by atoms with van der Waals surface area (Å²) in [5, 5.41) is 22.3. The van der Waals surface area contributed by atoms with Gasteiger partial charge in [-0.3, -0.25) is 14.9 Å². The van der Waals surface area contributed by atoms with Crippen LogP contribution in [0.25, 0.3) is 0 Å². The highest BCUT2D eigenvalue weighted by Crippen LogP contribution is 2.21. The van der Waals surface area contributed by atoms with Crippen molar-refractivity contribution in [2.45, 2.75) is 20.3 Å². The molecule has 1 rings (SSSR count). The second-order valence-corrected chi connectivity index (χ2v) is 4.03. The first-order chi connectivity index (χ1) is 8.41. The number of carboxylic acid groups (broad SMARTS) is 1. The van der Waals surface area contributed by atoms with Gasteiger partial charge in [0, 0.05) is 18.3 Å². The molecule has 0 aliphatic rings. The van der Waals surface area contributed by atoms with Gasteiger partial charge in [-0.05, 0) is 19.4 Å². The fourth-order valence-corrected chi connectivity index (χ4v) is 1.36. The third-order valence-electron chi connectivity index (χ3n) is 2.50. The van der Waals surface area contributed by atoms with E-state index in [1.807, 2.05) is 0 Å². The van der Waals surface area contributed by atoms with E-state index in [0.29, 0.717) is 18.7 Å². The topological polar surface area (TPSA) is 105 Å². The van der Waals surface area contributed by atoms with Crippen LogP contribution in [0.1, 0.15) is 19.0 Å². The lowest BCUT2D eigenvalue weighted by atomic mass is 10.1. The molecule has 7 nitrogen and oxygen atoms in total. The van der Waals surface area contributed by atoms with E-state index in [9.17, 15) is 14.9 Å². The monoisotopic (exact) mass is 253 g/mol. The van der Waals surface area contributed by atoms with Crippen molar-refractivity contribution in [2.24, 2.45) is 5.92 Å². The summed E-state index contributed by atoms with van der Waals surface area (Å²) < 4.78 is 0. The Morgan fingerprint density at radius 3 is 2.83 bits per heavy atom. The number of carbonyl (C=O) groups is 1. The lowest BCUT2D eigenvalue weighted by Crippen LogP contribution is -2.15. The number of rotatable bonds is 6. The standard InChI is InChI=1S/C11H15N3O4/c1-7(11(15)16)5-6-12-10-9(14(17)18)4-3-8(2)13-10/h3-4,7H,5-6H2,1-2H3,(H,12,13)(H,15,16). The lowest BCUT2D eigenvalue weighted by Gasteiger charge is -2.09. The van der Waals surface area contributed by atoms with Crippen molar-refractivity contribution in [2.75, 3.05) is 11.9 Å². The van der Waals surface area contributed by atoms with Crippen LogP contribution < -0.4 is 5.32 Å². The van der Waals surface area contributed by atoms with Gasteiger partial charge in [0.25, 0.3) is 0 Å². The Balaban J connectivity index is 2.69. The lowest BCUT2D eigenvalue weighted by molar-refractivity contribution is -0.384. The number of pyridine rings is 1. The van der Waals surface area contributed by atoms with Gasteiger partial charge in [-0.25, -0.2) is 4.98 Å². The Labute approximate surface area is 104 Å². The molecule has 98 valence electrons. The summed E-state index contributed by atoms with van der Waals surface area (Å²) in [5.41, 5.74) is 0.554. The minimum atomic E-state index is -0.886. The first-order valence-electron chi connectivity index (χ1n) is 5.50. The molecular weight excluding hydrogens is 238 g/mol. The first kappa shape index (κ1) is 13.9. The van der Waals surface area contributed by atoms with Crippen molar-refractivity contribution >= 4 is 17.5 Å². The average molecular weight is 253 g/mol. The van der Waals surface area contributed by atoms with Crippen LogP contribution in [0.4, 0.5) is 11.5 Å². The van der Waals surface area contributed by atoms with E-state index in [1.54, 1.807) is 19.9 Å². The number of hydrogen-bond acceptors (Lipinski definition) is 5. The van der Waals surface area contributed by atoms with Crippen molar-refractivity contribution in [1.29, 1.82) is 0 Å². The number of aromatic nitrogens is 1. The zero-order valence-electron chi connectivity index (χ0n) is 10.2. The van der Waals surface area contributed by atoms with E-state index in [2.05, 4.69) is 10.3 Å². The normalized spacial score (nSPS) is 11.9. The summed E-state index contributed by atoms with van der Waals surface area (Å²) in [5.74, 6) is -1.21. The molecule has 0 spiro atoms. The third kappa shape index (κ3) is 3.69. The Morgan fingerprint density at radius 1 is 1.61 bits per heavy atom. The summed E-state index contributed by atoms with van der Waals surface area (Å²) in [6.45, 7) is 3.64. The van der Waals surface area contributed by atoms with Gasteiger partial charge in [0.15, 0.2) is 0 Å². The van der Waals surface area contributed by atoms with Gasteiger partial charge in [0.05, 0.1) is 10.8 Å². The molecule has 0 saturated heterocycles. The summed E-state index contributed by atoms with van der Waals surface area (Å²) >= 11 is 0. The quantitative estimate of drug-likeness (QED) is 0.591. The maximum Gasteiger partial charge on any atom is 0.311 e. The Hall–Kier alpha value is -2.18. The van der Waals surface area contributed by atoms with Gasteiger partial charge in [0.1, 0.15) is 0 Å². The summed E-state index contributed by atoms with van der Waals surface area (Å²) in [6.07, 6.45) is 0.377. The molecule has 0 aromatic carbocycles. The molecule has 1 aromatic heterocycles. The molecule has 2 N–H and O–H groups in total. The number of hydrogen-bond donors (Lipinski definition) is 2. The van der Waals surface area contributed by atoms with Gasteiger partial charge in [0.2, 0.25) is 5.82 Å². The van der Waals surface area contributed by atoms with Crippen LogP contribution in [0, 0.1) is 23.0 Å². The van der Waals surface area contributed by atoms with Crippen molar-refractivity contribution in [3.05, 3.63) is 27.9 Å². The van der Waals surface area contributed by atoms with Crippen LogP contribution in [-0.2, 0) is 4.79 Å². The van der Waals surface area contributed by atoms with Gasteiger partial charge in [-0.1, -0.05) is 6.92 Å². The number of nitrogens with one attached hydrogen (secondary N) is 1. The maximum atomic E-state index is 10.8. The highest BCUT2D eigenvalue weighted by Gasteiger charge is 2.16. The van der Waals surface area contributed by atoms with Gasteiger partial charge >= 0.3 is 11.7 Å². The zero-order valence-corrected chi connectivity index (χ0v) is 10.2. The highest BCUT2D eigenvalue weighted by molar-refractivity contribution is 5.69. The smallest absolute Gasteiger partial charge is 0.311 e. The van der Waals surface area contributed by atoms with Gasteiger partial charge in [-0.2, -0.15) is 0 Å². The molecule has 18 heavy (non-hydrogen) atoms. The van der Waals surface area contributed by atoms with E-state index < -0.39 is 16.8 Å². The summed E-state index contributed by atoms with van der Waals surface area (Å²) in [6, 6.07) is 2.94. The predicted octanol–water partition coefficient (Wildman–Crippen LogP) is 1.82. The van der Waals surface area contributed by atoms with Crippen LogP contribution in [0.5, 0.6) is 0 Å². The third-order valence-corrected chi connectivity index (χ3v) is 2.50. The molecule has 0 radical (unpaired) electrons. The SMILES string of the molecule is Cc1ccc([N+](=O)[O-])c(NCCC(C)C(=O)O)n1. The summed E-state index contributed by atoms with van der Waals surface area (Å²) in [4.78, 5) is 24.9. The number of anilines is 1. The Kier molecular flexibility index (Phi) is 4.59. The molecule has 7 heteroatoms. The number of nitro groups is 1. The molecule has 1 unspecified atom stereocenters. The van der Waals surface area contributed by atoms with Crippen molar-refractivity contribution in [3.63, 3.8) is 0 Å². The van der Waals surface area contributed by atoms with Crippen LogP contribution in [0.2, 0.25) is 0 Å². The van der Waals surface area contributed by atoms with E-state index in [-0.39, 0.29) is 11.5 Å². The fourth-order valence-electron chi connectivity index (χ4n) is 1.36. The second kappa shape index (κ2) is 5.95. The van der Waals surface area contributed by atoms with Crippen LogP contribution in [0.15, 0.2) is 12.1 Å². The Morgan fingerprint density at radius 2 is 2.28 bits per heavy atom. The minimum absolute atomic E-state index is 0.108. The molecule has 0 saturated carbocycles. The summed E-state index contributed by atoms with van der Waals surface area (Å²) in [7, 11) is 0. The van der Waals surface area contributed by atoms with Gasteiger partial charge < -0.3 is 10.4 Å². The molecule has 1 atom stereocenters. The number of carboxylic acids is 1. The van der Waals surface area contributed by atoms with Crippen molar-refractivity contribution < 1.29 is 14.8 Å². The number of aryl methyl sites for hydroxylation is 1. The van der Waals surface area contributed by atoms with Crippen LogP contribution in [-0.4, -0.2) is 27.5 Å². The molecule has 0 fully saturated rings. The zero-order chi connectivity index (χ0) is 13.7. The Bertz CT molecular complexity index is 462. The number of nitrogens with zero attached hydrogens (tertiary/aromatic N) is 2. The maximum absolute atomic E-state index is 10.8. The van der Waals surface area contributed by atoms with Crippen LogP contribution in [0.3, 0.4) is 0 Å². The van der Waals surface area contributed by atoms with E-state index >= 15 is 0 Å².